The number of para-hydroxylation sites is 1. The van der Waals surface area contributed by atoms with Gasteiger partial charge in [-0.1, -0.05) is 18.2 Å². The van der Waals surface area contributed by atoms with Gasteiger partial charge < -0.3 is 10.1 Å². The van der Waals surface area contributed by atoms with Gasteiger partial charge in [-0.15, -0.1) is 11.6 Å². The van der Waals surface area contributed by atoms with Crippen LogP contribution in [0.5, 0.6) is 5.75 Å². The molecule has 0 spiro atoms. The monoisotopic (exact) mass is 279 g/mol. The molecule has 0 aromatic heterocycles. The van der Waals surface area contributed by atoms with Crippen molar-refractivity contribution in [1.82, 2.24) is 5.32 Å². The van der Waals surface area contributed by atoms with Crippen molar-refractivity contribution < 1.29 is 9.53 Å². The molecule has 0 saturated heterocycles. The Balaban J connectivity index is 1.63. The Morgan fingerprint density at radius 1 is 1.37 bits per heavy atom. The van der Waals surface area contributed by atoms with Crippen molar-refractivity contribution in [2.75, 3.05) is 13.2 Å². The Labute approximate surface area is 118 Å². The van der Waals surface area contributed by atoms with Crippen LogP contribution in [-0.4, -0.2) is 24.4 Å². The molecule has 102 valence electrons. The lowest BCUT2D eigenvalue weighted by atomic mass is 9.92. The van der Waals surface area contributed by atoms with Crippen molar-refractivity contribution >= 4 is 17.5 Å². The summed E-state index contributed by atoms with van der Waals surface area (Å²) in [6, 6.07) is 7.77. The van der Waals surface area contributed by atoms with Crippen LogP contribution in [0.1, 0.15) is 30.7 Å². The summed E-state index contributed by atoms with van der Waals surface area (Å²) >= 11 is 6.22. The van der Waals surface area contributed by atoms with Crippen molar-refractivity contribution in [3.63, 3.8) is 0 Å². The molecule has 1 aromatic carbocycles. The van der Waals surface area contributed by atoms with Gasteiger partial charge in [-0.3, -0.25) is 4.79 Å². The molecule has 1 aliphatic carbocycles. The molecule has 2 unspecified atom stereocenters. The first-order valence-corrected chi connectivity index (χ1v) is 7.33. The summed E-state index contributed by atoms with van der Waals surface area (Å²) in [7, 11) is 0. The standard InChI is InChI=1S/C15H18ClNO2/c16-13(10-5-6-10)9-17-15(18)12-7-8-19-14-4-2-1-3-11(12)14/h1-4,10,12-13H,5-9H2,(H,17,18). The summed E-state index contributed by atoms with van der Waals surface area (Å²) in [5.41, 5.74) is 0.990. The molecule has 2 atom stereocenters. The van der Waals surface area contributed by atoms with E-state index in [2.05, 4.69) is 5.32 Å². The van der Waals surface area contributed by atoms with E-state index < -0.39 is 0 Å². The summed E-state index contributed by atoms with van der Waals surface area (Å²) in [4.78, 5) is 12.3. The minimum absolute atomic E-state index is 0.0713. The summed E-state index contributed by atoms with van der Waals surface area (Å²) < 4.78 is 5.57. The van der Waals surface area contributed by atoms with E-state index in [0.717, 1.165) is 17.7 Å². The largest absolute Gasteiger partial charge is 0.493 e. The molecule has 1 N–H and O–H groups in total. The molecule has 1 saturated carbocycles. The van der Waals surface area contributed by atoms with Crippen LogP contribution >= 0.6 is 11.6 Å². The van der Waals surface area contributed by atoms with Crippen LogP contribution in [0, 0.1) is 5.92 Å². The maximum atomic E-state index is 12.3. The fourth-order valence-electron chi connectivity index (χ4n) is 2.56. The highest BCUT2D eigenvalue weighted by Crippen LogP contribution is 2.36. The molecule has 2 aliphatic rings. The lowest BCUT2D eigenvalue weighted by Crippen LogP contribution is -2.36. The number of carbonyl (C=O) groups excluding carboxylic acids is 1. The number of hydrogen-bond donors (Lipinski definition) is 1. The second-order valence-corrected chi connectivity index (χ2v) is 5.89. The minimum Gasteiger partial charge on any atom is -0.493 e. The van der Waals surface area contributed by atoms with E-state index in [-0.39, 0.29) is 17.2 Å². The average molecular weight is 280 g/mol. The SMILES string of the molecule is O=C(NCC(Cl)C1CC1)C1CCOc2ccccc21. The number of hydrogen-bond acceptors (Lipinski definition) is 2. The quantitative estimate of drug-likeness (QED) is 0.861. The highest BCUT2D eigenvalue weighted by molar-refractivity contribution is 6.21. The number of fused-ring (bicyclic) bond motifs is 1. The van der Waals surface area contributed by atoms with Crippen LogP contribution < -0.4 is 10.1 Å². The molecule has 0 radical (unpaired) electrons. The van der Waals surface area contributed by atoms with Gasteiger partial charge in [0.15, 0.2) is 0 Å². The fraction of sp³-hybridized carbons (Fsp3) is 0.533. The van der Waals surface area contributed by atoms with Gasteiger partial charge >= 0.3 is 0 Å². The molecule has 3 nitrogen and oxygen atoms in total. The Morgan fingerprint density at radius 2 is 2.16 bits per heavy atom. The molecule has 1 aromatic rings. The van der Waals surface area contributed by atoms with Crippen LogP contribution in [0.3, 0.4) is 0 Å². The van der Waals surface area contributed by atoms with Crippen LogP contribution in [-0.2, 0) is 4.79 Å². The topological polar surface area (TPSA) is 38.3 Å². The highest BCUT2D eigenvalue weighted by atomic mass is 35.5. The third kappa shape index (κ3) is 2.86. The molecule has 1 heterocycles. The third-order valence-electron chi connectivity index (χ3n) is 3.88. The molecule has 1 amide bonds. The molecular weight excluding hydrogens is 262 g/mol. The lowest BCUT2D eigenvalue weighted by molar-refractivity contribution is -0.123. The van der Waals surface area contributed by atoms with Crippen LogP contribution in [0.2, 0.25) is 0 Å². The van der Waals surface area contributed by atoms with Crippen molar-refractivity contribution in [1.29, 1.82) is 0 Å². The molecule has 0 bridgehead atoms. The minimum atomic E-state index is -0.104. The fourth-order valence-corrected chi connectivity index (χ4v) is 2.89. The van der Waals surface area contributed by atoms with Gasteiger partial charge in [0.05, 0.1) is 17.9 Å². The maximum absolute atomic E-state index is 12.3. The Hall–Kier alpha value is -1.22. The van der Waals surface area contributed by atoms with Crippen LogP contribution in [0.15, 0.2) is 24.3 Å². The molecule has 1 fully saturated rings. The van der Waals surface area contributed by atoms with E-state index in [9.17, 15) is 4.79 Å². The van der Waals surface area contributed by atoms with Gasteiger partial charge in [0.25, 0.3) is 0 Å². The van der Waals surface area contributed by atoms with Gasteiger partial charge in [0.2, 0.25) is 5.91 Å². The van der Waals surface area contributed by atoms with E-state index in [1.807, 2.05) is 24.3 Å². The average Bonchev–Trinajstić information content (AvgIpc) is 3.28. The third-order valence-corrected chi connectivity index (χ3v) is 4.39. The van der Waals surface area contributed by atoms with Gasteiger partial charge in [-0.05, 0) is 31.2 Å². The van der Waals surface area contributed by atoms with Gasteiger partial charge in [-0.2, -0.15) is 0 Å². The van der Waals surface area contributed by atoms with E-state index in [0.29, 0.717) is 19.1 Å². The first-order valence-electron chi connectivity index (χ1n) is 6.89. The second kappa shape index (κ2) is 5.41. The zero-order valence-corrected chi connectivity index (χ0v) is 11.5. The van der Waals surface area contributed by atoms with Gasteiger partial charge in [0.1, 0.15) is 5.75 Å². The molecule has 19 heavy (non-hydrogen) atoms. The number of halogens is 1. The van der Waals surface area contributed by atoms with Crippen LogP contribution in [0.25, 0.3) is 0 Å². The first-order chi connectivity index (χ1) is 9.25. The Bertz CT molecular complexity index is 473. The zero-order valence-electron chi connectivity index (χ0n) is 10.8. The number of alkyl halides is 1. The normalized spacial score (nSPS) is 23.1. The van der Waals surface area contributed by atoms with Gasteiger partial charge in [-0.25, -0.2) is 0 Å². The first kappa shape index (κ1) is 12.8. The smallest absolute Gasteiger partial charge is 0.227 e. The van der Waals surface area contributed by atoms with Crippen molar-refractivity contribution in [3.05, 3.63) is 29.8 Å². The van der Waals surface area contributed by atoms with E-state index in [1.165, 1.54) is 12.8 Å². The number of benzene rings is 1. The molecule has 1 aliphatic heterocycles. The second-order valence-electron chi connectivity index (χ2n) is 5.33. The van der Waals surface area contributed by atoms with E-state index in [4.69, 9.17) is 16.3 Å². The predicted octanol–water partition coefficient (Wildman–Crippen LogP) is 2.69. The number of carbonyl (C=O) groups is 1. The van der Waals surface area contributed by atoms with Crippen molar-refractivity contribution in [2.45, 2.75) is 30.6 Å². The molecule has 4 heteroatoms. The highest BCUT2D eigenvalue weighted by Gasteiger charge is 2.31. The number of amides is 1. The van der Waals surface area contributed by atoms with Crippen LogP contribution in [0.4, 0.5) is 0 Å². The molecular formula is C15H18ClNO2. The van der Waals surface area contributed by atoms with Crippen molar-refractivity contribution in [2.24, 2.45) is 5.92 Å². The lowest BCUT2D eigenvalue weighted by Gasteiger charge is -2.25. The zero-order chi connectivity index (χ0) is 13.2. The van der Waals surface area contributed by atoms with E-state index in [1.54, 1.807) is 0 Å². The maximum Gasteiger partial charge on any atom is 0.227 e. The van der Waals surface area contributed by atoms with Crippen molar-refractivity contribution in [3.8, 4) is 5.75 Å². The summed E-state index contributed by atoms with van der Waals surface area (Å²) in [5, 5.41) is 3.07. The number of nitrogens with one attached hydrogen (secondary N) is 1. The van der Waals surface area contributed by atoms with E-state index >= 15 is 0 Å². The predicted molar refractivity (Wildman–Crippen MR) is 74.7 cm³/mol. The number of ether oxygens (including phenoxy) is 1. The Morgan fingerprint density at radius 3 is 2.95 bits per heavy atom. The summed E-state index contributed by atoms with van der Waals surface area (Å²) in [6.45, 7) is 1.17. The Kier molecular flexibility index (Phi) is 3.65. The van der Waals surface area contributed by atoms with Gasteiger partial charge in [0, 0.05) is 12.1 Å². The molecule has 3 rings (SSSR count). The summed E-state index contributed by atoms with van der Waals surface area (Å²) in [5.74, 6) is 1.40. The summed E-state index contributed by atoms with van der Waals surface area (Å²) in [6.07, 6.45) is 3.13. The number of rotatable bonds is 4.